The largest absolute Gasteiger partial charge is 0.586 e. The maximum absolute atomic E-state index is 13.5. The van der Waals surface area contributed by atoms with Gasteiger partial charge in [0.15, 0.2) is 11.5 Å². The number of rotatable bonds is 7. The molecule has 4 N–H and O–H groups in total. The van der Waals surface area contributed by atoms with Crippen LogP contribution in [-0.2, 0) is 22.2 Å². The summed E-state index contributed by atoms with van der Waals surface area (Å²) in [4.78, 5) is 13.4. The molecular formula is C27H29BF2N6O3. The molecule has 3 aliphatic rings. The van der Waals surface area contributed by atoms with Crippen LogP contribution in [0.3, 0.4) is 0 Å². The maximum atomic E-state index is 13.5. The van der Waals surface area contributed by atoms with E-state index in [1.54, 1.807) is 6.07 Å². The SMILES string of the molecule is [B]C(CC1=NNNN1)Cn1c(C(C)(C)C)cc2cc(NC(=O)C3(c4ccc5c(c4)OC(F)(F)O5)CC3)ccc21. The zero-order valence-corrected chi connectivity index (χ0v) is 21.9. The predicted molar refractivity (Wildman–Crippen MR) is 144 cm³/mol. The number of alkyl halides is 2. The van der Waals surface area contributed by atoms with E-state index >= 15 is 0 Å². The molecule has 2 radical (unpaired) electrons. The molecular weight excluding hydrogens is 505 g/mol. The summed E-state index contributed by atoms with van der Waals surface area (Å²) in [5, 5.41) is 8.15. The summed E-state index contributed by atoms with van der Waals surface area (Å²) in [7, 11) is 6.49. The fourth-order valence-electron chi connectivity index (χ4n) is 5.30. The molecule has 6 rings (SSSR count). The fourth-order valence-corrected chi connectivity index (χ4v) is 5.30. The van der Waals surface area contributed by atoms with Crippen LogP contribution in [-0.4, -0.2) is 30.5 Å². The number of ether oxygens (including phenoxy) is 2. The Hall–Kier alpha value is -3.80. The van der Waals surface area contributed by atoms with E-state index in [1.807, 2.05) is 18.2 Å². The Morgan fingerprint density at radius 3 is 2.62 bits per heavy atom. The van der Waals surface area contributed by atoms with Crippen molar-refractivity contribution in [2.75, 3.05) is 5.32 Å². The van der Waals surface area contributed by atoms with Gasteiger partial charge in [0.25, 0.3) is 0 Å². The smallest absolute Gasteiger partial charge is 0.395 e. The van der Waals surface area contributed by atoms with Crippen LogP contribution in [0.2, 0.25) is 5.82 Å². The second kappa shape index (κ2) is 8.87. The monoisotopic (exact) mass is 534 g/mol. The van der Waals surface area contributed by atoms with E-state index in [0.717, 1.165) is 22.4 Å². The molecule has 2 aliphatic heterocycles. The normalized spacial score (nSPS) is 19.3. The third-order valence-electron chi connectivity index (χ3n) is 7.39. The number of amides is 1. The van der Waals surface area contributed by atoms with Crippen LogP contribution in [0.5, 0.6) is 11.5 Å². The molecule has 9 nitrogen and oxygen atoms in total. The van der Waals surface area contributed by atoms with E-state index in [1.165, 1.54) is 12.1 Å². The zero-order valence-electron chi connectivity index (χ0n) is 21.9. The summed E-state index contributed by atoms with van der Waals surface area (Å²) in [6, 6.07) is 12.5. The van der Waals surface area contributed by atoms with Gasteiger partial charge in [-0.3, -0.25) is 10.2 Å². The lowest BCUT2D eigenvalue weighted by molar-refractivity contribution is -0.286. The number of hydrogen-bond acceptors (Lipinski definition) is 7. The van der Waals surface area contributed by atoms with Gasteiger partial charge in [0, 0.05) is 40.7 Å². The van der Waals surface area contributed by atoms with Crippen LogP contribution in [0.1, 0.15) is 51.3 Å². The first-order valence-corrected chi connectivity index (χ1v) is 12.9. The number of anilines is 1. The molecule has 1 unspecified atom stereocenters. The maximum Gasteiger partial charge on any atom is 0.586 e. The molecule has 1 saturated carbocycles. The molecule has 202 valence electrons. The number of hydrazine groups is 2. The van der Waals surface area contributed by atoms with E-state index in [-0.39, 0.29) is 28.6 Å². The van der Waals surface area contributed by atoms with Crippen LogP contribution >= 0.6 is 0 Å². The highest BCUT2D eigenvalue weighted by molar-refractivity contribution is 6.13. The standard InChI is InChI=1S/C27H29BF2N6O3/c1-25(2,3)22-11-15-10-18(5-6-19(15)36(22)14-17(28)13-23-32-34-35-33-23)31-24(37)26(8-9-26)16-4-7-20-21(12-16)39-27(29,30)38-20/h4-7,10-12,17,34-35H,8-9,13-14H2,1-3H3,(H,31,37)(H,32,33). The van der Waals surface area contributed by atoms with Crippen molar-refractivity contribution < 1.29 is 23.0 Å². The summed E-state index contributed by atoms with van der Waals surface area (Å²) in [5.41, 5.74) is 10.8. The van der Waals surface area contributed by atoms with E-state index in [2.05, 4.69) is 67.8 Å². The Balaban J connectivity index is 1.24. The number of hydrazone groups is 1. The van der Waals surface area contributed by atoms with E-state index in [0.29, 0.717) is 37.1 Å². The van der Waals surface area contributed by atoms with E-state index < -0.39 is 11.7 Å². The Morgan fingerprint density at radius 1 is 1.15 bits per heavy atom. The van der Waals surface area contributed by atoms with Gasteiger partial charge in [-0.15, -0.1) is 19.4 Å². The highest BCUT2D eigenvalue weighted by Crippen LogP contribution is 2.52. The van der Waals surface area contributed by atoms with Crippen LogP contribution in [0.4, 0.5) is 14.5 Å². The van der Waals surface area contributed by atoms with Crippen molar-refractivity contribution in [2.45, 2.75) is 69.5 Å². The number of aromatic nitrogens is 1. The van der Waals surface area contributed by atoms with Crippen LogP contribution in [0.15, 0.2) is 47.6 Å². The first-order chi connectivity index (χ1) is 18.4. The topological polar surface area (TPSA) is 101 Å². The summed E-state index contributed by atoms with van der Waals surface area (Å²) in [5.74, 6) is 0.287. The van der Waals surface area contributed by atoms with Gasteiger partial charge in [-0.25, -0.2) is 5.53 Å². The number of halogens is 2. The van der Waals surface area contributed by atoms with Gasteiger partial charge in [0.05, 0.1) is 13.3 Å². The quantitative estimate of drug-likeness (QED) is 0.339. The summed E-state index contributed by atoms with van der Waals surface area (Å²) in [6.45, 7) is 7.05. The fraction of sp³-hybridized carbons (Fsp3) is 0.407. The number of carbonyl (C=O) groups excluding carboxylic acids is 1. The minimum atomic E-state index is -3.70. The molecule has 0 spiro atoms. The number of carbonyl (C=O) groups is 1. The lowest BCUT2D eigenvalue weighted by Gasteiger charge is -2.24. The lowest BCUT2D eigenvalue weighted by Crippen LogP contribution is -2.35. The van der Waals surface area contributed by atoms with Crippen LogP contribution < -0.4 is 31.3 Å². The average Bonchev–Trinajstić information content (AvgIpc) is 3.18. The van der Waals surface area contributed by atoms with Gasteiger partial charge in [-0.05, 0) is 54.8 Å². The van der Waals surface area contributed by atoms with Crippen molar-refractivity contribution in [1.29, 1.82) is 0 Å². The highest BCUT2D eigenvalue weighted by atomic mass is 19.3. The molecule has 0 bridgehead atoms. The third-order valence-corrected chi connectivity index (χ3v) is 7.39. The van der Waals surface area contributed by atoms with Gasteiger partial charge >= 0.3 is 6.29 Å². The molecule has 3 heterocycles. The molecule has 2 aromatic carbocycles. The molecule has 0 saturated heterocycles. The average molecular weight is 534 g/mol. The lowest BCUT2D eigenvalue weighted by atomic mass is 9.83. The van der Waals surface area contributed by atoms with Crippen LogP contribution in [0.25, 0.3) is 10.9 Å². The van der Waals surface area contributed by atoms with Crippen LogP contribution in [0, 0.1) is 0 Å². The van der Waals surface area contributed by atoms with Gasteiger partial charge in [-0.2, -0.15) is 0 Å². The Bertz CT molecular complexity index is 1490. The number of fused-ring (bicyclic) bond motifs is 2. The Kier molecular flexibility index (Phi) is 5.80. The first kappa shape index (κ1) is 25.5. The van der Waals surface area contributed by atoms with Crippen molar-refractivity contribution in [3.8, 4) is 11.5 Å². The summed E-state index contributed by atoms with van der Waals surface area (Å²) < 4.78 is 38.3. The number of nitrogens with one attached hydrogen (secondary N) is 4. The molecule has 1 aliphatic carbocycles. The number of nitrogens with zero attached hydrogens (tertiary/aromatic N) is 2. The predicted octanol–water partition coefficient (Wildman–Crippen LogP) is 4.20. The molecule has 1 atom stereocenters. The molecule has 1 amide bonds. The summed E-state index contributed by atoms with van der Waals surface area (Å²) in [6.07, 6.45) is -1.90. The van der Waals surface area contributed by atoms with Crippen molar-refractivity contribution >= 4 is 36.2 Å². The van der Waals surface area contributed by atoms with Gasteiger partial charge in [0.2, 0.25) is 5.91 Å². The van der Waals surface area contributed by atoms with E-state index in [4.69, 9.17) is 7.85 Å². The minimum absolute atomic E-state index is 0.0369. The molecule has 1 aromatic heterocycles. The molecule has 12 heteroatoms. The second-order valence-corrected chi connectivity index (χ2v) is 11.4. The number of hydrogen-bond donors (Lipinski definition) is 4. The molecule has 39 heavy (non-hydrogen) atoms. The number of amidine groups is 1. The first-order valence-electron chi connectivity index (χ1n) is 12.9. The van der Waals surface area contributed by atoms with Gasteiger partial charge in [-0.1, -0.05) is 32.7 Å². The van der Waals surface area contributed by atoms with Gasteiger partial charge < -0.3 is 19.4 Å². The van der Waals surface area contributed by atoms with Crippen molar-refractivity contribution in [1.82, 2.24) is 21.1 Å². The Morgan fingerprint density at radius 2 is 1.92 bits per heavy atom. The highest BCUT2D eigenvalue weighted by Gasteiger charge is 2.52. The van der Waals surface area contributed by atoms with Crippen molar-refractivity contribution in [2.24, 2.45) is 5.10 Å². The Labute approximate surface area is 225 Å². The molecule has 1 fully saturated rings. The van der Waals surface area contributed by atoms with Crippen molar-refractivity contribution in [3.05, 3.63) is 53.7 Å². The summed E-state index contributed by atoms with van der Waals surface area (Å²) >= 11 is 0. The third kappa shape index (κ3) is 4.77. The minimum Gasteiger partial charge on any atom is -0.395 e. The second-order valence-electron chi connectivity index (χ2n) is 11.4. The van der Waals surface area contributed by atoms with Gasteiger partial charge in [0.1, 0.15) is 5.84 Å². The van der Waals surface area contributed by atoms with Crippen molar-refractivity contribution in [3.63, 3.8) is 0 Å². The number of benzene rings is 2. The molecule has 3 aromatic rings. The van der Waals surface area contributed by atoms with E-state index in [9.17, 15) is 13.6 Å². The zero-order chi connectivity index (χ0) is 27.6.